The van der Waals surface area contributed by atoms with Crippen LogP contribution in [0.4, 0.5) is 11.4 Å². The zero-order valence-corrected chi connectivity index (χ0v) is 13.1. The van der Waals surface area contributed by atoms with Gasteiger partial charge in [0.1, 0.15) is 0 Å². The van der Waals surface area contributed by atoms with Gasteiger partial charge in [-0.05, 0) is 73.6 Å². The van der Waals surface area contributed by atoms with Crippen LogP contribution in [-0.4, -0.2) is 16.2 Å². The van der Waals surface area contributed by atoms with Gasteiger partial charge in [0.05, 0.1) is 11.3 Å². The molecule has 2 aromatic carbocycles. The van der Waals surface area contributed by atoms with Gasteiger partial charge in [0.15, 0.2) is 5.11 Å². The summed E-state index contributed by atoms with van der Waals surface area (Å²) in [6, 6.07) is 12.5. The summed E-state index contributed by atoms with van der Waals surface area (Å²) in [6.45, 7) is 4.05. The number of aryl methyl sites for hydroxylation is 2. The van der Waals surface area contributed by atoms with E-state index in [4.69, 9.17) is 17.3 Å². The zero-order valence-electron chi connectivity index (χ0n) is 12.3. The van der Waals surface area contributed by atoms with Gasteiger partial charge in [0.25, 0.3) is 0 Å². The van der Waals surface area contributed by atoms with Crippen LogP contribution in [0.15, 0.2) is 42.5 Å². The maximum atomic E-state index is 10.8. The van der Waals surface area contributed by atoms with E-state index >= 15 is 0 Å². The van der Waals surface area contributed by atoms with Gasteiger partial charge in [0.2, 0.25) is 0 Å². The first-order chi connectivity index (χ1) is 10.4. The molecule has 0 aliphatic heterocycles. The smallest absolute Gasteiger partial charge is 0.335 e. The Labute approximate surface area is 134 Å². The molecule has 0 bridgehead atoms. The van der Waals surface area contributed by atoms with E-state index in [1.54, 1.807) is 12.1 Å². The van der Waals surface area contributed by atoms with Gasteiger partial charge in [0, 0.05) is 5.69 Å². The number of carbonyl (C=O) groups is 1. The molecule has 4 N–H and O–H groups in total. The van der Waals surface area contributed by atoms with Crippen molar-refractivity contribution in [3.8, 4) is 0 Å². The molecule has 5 nitrogen and oxygen atoms in total. The lowest BCUT2D eigenvalue weighted by atomic mass is 10.1. The lowest BCUT2D eigenvalue weighted by Gasteiger charge is -2.13. The first-order valence-corrected chi connectivity index (χ1v) is 7.09. The molecule has 2 rings (SSSR count). The van der Waals surface area contributed by atoms with Crippen molar-refractivity contribution in [1.29, 1.82) is 0 Å². The summed E-state index contributed by atoms with van der Waals surface area (Å²) in [4.78, 5) is 10.8. The molecular weight excluding hydrogens is 298 g/mol. The van der Waals surface area contributed by atoms with E-state index in [0.717, 1.165) is 22.5 Å². The van der Waals surface area contributed by atoms with E-state index in [1.165, 1.54) is 12.1 Å². The molecule has 0 amide bonds. The van der Waals surface area contributed by atoms with Gasteiger partial charge in [-0.15, -0.1) is 0 Å². The Morgan fingerprint density at radius 3 is 2.14 bits per heavy atom. The second-order valence-electron chi connectivity index (χ2n) is 4.96. The van der Waals surface area contributed by atoms with Crippen LogP contribution in [0.2, 0.25) is 0 Å². The Balaban J connectivity index is 1.91. The van der Waals surface area contributed by atoms with E-state index in [2.05, 4.69) is 22.2 Å². The predicted octanol–water partition coefficient (Wildman–Crippen LogP) is 3.32. The molecule has 0 atom stereocenters. The zero-order chi connectivity index (χ0) is 16.1. The lowest BCUT2D eigenvalue weighted by molar-refractivity contribution is 0.0697. The predicted molar refractivity (Wildman–Crippen MR) is 92.3 cm³/mol. The Morgan fingerprint density at radius 1 is 1.00 bits per heavy atom. The largest absolute Gasteiger partial charge is 0.478 e. The minimum absolute atomic E-state index is 0.237. The van der Waals surface area contributed by atoms with E-state index < -0.39 is 5.97 Å². The Kier molecular flexibility index (Phi) is 4.95. The van der Waals surface area contributed by atoms with Crippen LogP contribution >= 0.6 is 12.2 Å². The number of anilines is 2. The number of aromatic carboxylic acids is 1. The van der Waals surface area contributed by atoms with E-state index in [0.29, 0.717) is 5.11 Å². The van der Waals surface area contributed by atoms with Crippen molar-refractivity contribution in [3.63, 3.8) is 0 Å². The first-order valence-electron chi connectivity index (χ1n) is 6.69. The van der Waals surface area contributed by atoms with Gasteiger partial charge in [-0.25, -0.2) is 4.79 Å². The molecule has 0 saturated heterocycles. The molecule has 0 spiro atoms. The van der Waals surface area contributed by atoms with E-state index in [1.807, 2.05) is 26.0 Å². The molecule has 0 aliphatic carbocycles. The van der Waals surface area contributed by atoms with Crippen molar-refractivity contribution < 1.29 is 9.90 Å². The minimum Gasteiger partial charge on any atom is -0.478 e. The third kappa shape index (κ3) is 4.46. The van der Waals surface area contributed by atoms with Crippen molar-refractivity contribution >= 4 is 34.7 Å². The summed E-state index contributed by atoms with van der Waals surface area (Å²) in [7, 11) is 0. The van der Waals surface area contributed by atoms with Crippen molar-refractivity contribution in [2.45, 2.75) is 13.8 Å². The lowest BCUT2D eigenvalue weighted by Crippen LogP contribution is -2.33. The maximum Gasteiger partial charge on any atom is 0.335 e. The van der Waals surface area contributed by atoms with Crippen molar-refractivity contribution in [2.24, 2.45) is 0 Å². The summed E-state index contributed by atoms with van der Waals surface area (Å²) in [5, 5.41) is 12.3. The fraction of sp³-hybridized carbons (Fsp3) is 0.125. The average molecular weight is 315 g/mol. The molecule has 0 fully saturated rings. The molecule has 114 valence electrons. The van der Waals surface area contributed by atoms with Crippen molar-refractivity contribution in [3.05, 3.63) is 59.2 Å². The Hall–Kier alpha value is -2.60. The van der Waals surface area contributed by atoms with Crippen LogP contribution in [0.3, 0.4) is 0 Å². The fourth-order valence-corrected chi connectivity index (χ4v) is 2.20. The third-order valence-electron chi connectivity index (χ3n) is 2.93. The van der Waals surface area contributed by atoms with Gasteiger partial charge < -0.3 is 10.4 Å². The van der Waals surface area contributed by atoms with E-state index in [-0.39, 0.29) is 5.56 Å². The monoisotopic (exact) mass is 315 g/mol. The van der Waals surface area contributed by atoms with Crippen LogP contribution in [0.5, 0.6) is 0 Å². The van der Waals surface area contributed by atoms with Crippen LogP contribution in [0.1, 0.15) is 21.5 Å². The number of hydrogen-bond acceptors (Lipinski definition) is 3. The summed E-state index contributed by atoms with van der Waals surface area (Å²) in [5.74, 6) is -0.952. The highest BCUT2D eigenvalue weighted by Crippen LogP contribution is 2.13. The number of hydrazine groups is 1. The Morgan fingerprint density at radius 2 is 1.59 bits per heavy atom. The molecule has 0 heterocycles. The van der Waals surface area contributed by atoms with Crippen LogP contribution < -0.4 is 16.2 Å². The Bertz CT molecular complexity index is 679. The van der Waals surface area contributed by atoms with Gasteiger partial charge in [-0.1, -0.05) is 6.07 Å². The maximum absolute atomic E-state index is 10.8. The molecule has 0 radical (unpaired) electrons. The van der Waals surface area contributed by atoms with Crippen LogP contribution in [0.25, 0.3) is 0 Å². The third-order valence-corrected chi connectivity index (χ3v) is 3.14. The minimum atomic E-state index is -0.952. The quantitative estimate of drug-likeness (QED) is 0.512. The summed E-state index contributed by atoms with van der Waals surface area (Å²) >= 11 is 5.21. The first kappa shape index (κ1) is 15.8. The molecule has 6 heteroatoms. The summed E-state index contributed by atoms with van der Waals surface area (Å²) in [5.41, 5.74) is 9.95. The number of thiocarbonyl (C=S) groups is 1. The molecule has 2 aromatic rings. The summed E-state index contributed by atoms with van der Waals surface area (Å²) in [6.07, 6.45) is 0. The summed E-state index contributed by atoms with van der Waals surface area (Å²) < 4.78 is 0. The highest BCUT2D eigenvalue weighted by Gasteiger charge is 2.02. The molecule has 0 aliphatic rings. The standard InChI is InChI=1S/C16H17N3O2S/c1-10-7-11(2)9-14(8-10)17-16(22)19-18-13-5-3-12(4-6-13)15(20)21/h3-9,18H,1-2H3,(H,20,21)(H2,17,19,22). The second-order valence-corrected chi connectivity index (χ2v) is 5.37. The van der Waals surface area contributed by atoms with Gasteiger partial charge in [-0.2, -0.15) is 0 Å². The van der Waals surface area contributed by atoms with Crippen molar-refractivity contribution in [1.82, 2.24) is 5.43 Å². The topological polar surface area (TPSA) is 73.4 Å². The molecular formula is C16H17N3O2S. The van der Waals surface area contributed by atoms with Crippen LogP contribution in [-0.2, 0) is 0 Å². The number of carboxylic acid groups (broad SMARTS) is 1. The number of rotatable bonds is 4. The normalized spacial score (nSPS) is 9.91. The highest BCUT2D eigenvalue weighted by molar-refractivity contribution is 7.80. The van der Waals surface area contributed by atoms with Gasteiger partial charge >= 0.3 is 5.97 Å². The number of hydrogen-bond donors (Lipinski definition) is 4. The van der Waals surface area contributed by atoms with Gasteiger partial charge in [-0.3, -0.25) is 10.9 Å². The SMILES string of the molecule is Cc1cc(C)cc(NC(=S)NNc2ccc(C(=O)O)cc2)c1. The second kappa shape index (κ2) is 6.91. The highest BCUT2D eigenvalue weighted by atomic mass is 32.1. The van der Waals surface area contributed by atoms with Crippen LogP contribution in [0, 0.1) is 13.8 Å². The van der Waals surface area contributed by atoms with Crippen molar-refractivity contribution in [2.75, 3.05) is 10.7 Å². The average Bonchev–Trinajstić information content (AvgIpc) is 2.44. The molecule has 0 saturated carbocycles. The molecule has 0 unspecified atom stereocenters. The number of nitrogens with one attached hydrogen (secondary N) is 3. The molecule has 22 heavy (non-hydrogen) atoms. The molecule has 0 aromatic heterocycles. The number of carboxylic acids is 1. The fourth-order valence-electron chi connectivity index (χ4n) is 2.03. The van der Waals surface area contributed by atoms with E-state index in [9.17, 15) is 4.79 Å². The number of benzene rings is 2.